The highest BCUT2D eigenvalue weighted by molar-refractivity contribution is 7.99. The summed E-state index contributed by atoms with van der Waals surface area (Å²) in [4.78, 5) is 5.78. The van der Waals surface area contributed by atoms with Crippen LogP contribution in [-0.4, -0.2) is 4.98 Å². The minimum atomic E-state index is -0.212. The standard InChI is InChI=1S/C21H16FNS/c1-14-2-9-18(10-3-14)24-21-13-23-20-12-16(6-11-19(20)21)15-4-7-17(22)8-5-15/h2-13,23H,1H3. The molecule has 0 aliphatic carbocycles. The lowest BCUT2D eigenvalue weighted by molar-refractivity contribution is 0.628. The molecular weight excluding hydrogens is 317 g/mol. The fourth-order valence-electron chi connectivity index (χ4n) is 2.74. The minimum Gasteiger partial charge on any atom is -0.360 e. The van der Waals surface area contributed by atoms with Crippen LogP contribution >= 0.6 is 11.8 Å². The highest BCUT2D eigenvalue weighted by Crippen LogP contribution is 2.35. The number of hydrogen-bond donors (Lipinski definition) is 1. The first-order valence-corrected chi connectivity index (χ1v) is 8.62. The predicted molar refractivity (Wildman–Crippen MR) is 99.0 cm³/mol. The average Bonchev–Trinajstić information content (AvgIpc) is 3.00. The third kappa shape index (κ3) is 2.95. The van der Waals surface area contributed by atoms with Crippen LogP contribution in [0.2, 0.25) is 0 Å². The van der Waals surface area contributed by atoms with Crippen molar-refractivity contribution in [2.24, 2.45) is 0 Å². The molecule has 0 saturated heterocycles. The van der Waals surface area contributed by atoms with Gasteiger partial charge in [-0.2, -0.15) is 0 Å². The van der Waals surface area contributed by atoms with Crippen LogP contribution in [0, 0.1) is 12.7 Å². The number of benzene rings is 3. The van der Waals surface area contributed by atoms with Crippen molar-refractivity contribution in [2.75, 3.05) is 0 Å². The summed E-state index contributed by atoms with van der Waals surface area (Å²) >= 11 is 1.76. The zero-order valence-corrected chi connectivity index (χ0v) is 14.0. The summed E-state index contributed by atoms with van der Waals surface area (Å²) in [5.41, 5.74) is 4.45. The van der Waals surface area contributed by atoms with Gasteiger partial charge in [-0.25, -0.2) is 4.39 Å². The van der Waals surface area contributed by atoms with E-state index in [-0.39, 0.29) is 5.82 Å². The Bertz CT molecular complexity index is 985. The molecule has 0 saturated carbocycles. The van der Waals surface area contributed by atoms with Gasteiger partial charge < -0.3 is 4.98 Å². The lowest BCUT2D eigenvalue weighted by Gasteiger charge is -2.04. The third-order valence-electron chi connectivity index (χ3n) is 4.07. The van der Waals surface area contributed by atoms with E-state index in [1.54, 1.807) is 23.9 Å². The Hall–Kier alpha value is -2.52. The molecule has 3 heteroatoms. The van der Waals surface area contributed by atoms with Gasteiger partial charge in [0.05, 0.1) is 0 Å². The van der Waals surface area contributed by atoms with Crippen molar-refractivity contribution in [3.8, 4) is 11.1 Å². The molecule has 4 aromatic rings. The molecule has 0 bridgehead atoms. The molecule has 0 aliphatic heterocycles. The lowest BCUT2D eigenvalue weighted by Crippen LogP contribution is -1.80. The van der Waals surface area contributed by atoms with Gasteiger partial charge in [0, 0.05) is 26.9 Å². The van der Waals surface area contributed by atoms with Gasteiger partial charge in [0.15, 0.2) is 0 Å². The smallest absolute Gasteiger partial charge is 0.123 e. The number of aromatic nitrogens is 1. The highest BCUT2D eigenvalue weighted by atomic mass is 32.2. The number of halogens is 1. The fourth-order valence-corrected chi connectivity index (χ4v) is 3.67. The van der Waals surface area contributed by atoms with Gasteiger partial charge in [-0.05, 0) is 48.4 Å². The van der Waals surface area contributed by atoms with E-state index < -0.39 is 0 Å². The van der Waals surface area contributed by atoms with Crippen LogP contribution in [0.15, 0.2) is 82.7 Å². The highest BCUT2D eigenvalue weighted by Gasteiger charge is 2.07. The van der Waals surface area contributed by atoms with E-state index in [0.29, 0.717) is 0 Å². The van der Waals surface area contributed by atoms with Gasteiger partial charge in [-0.3, -0.25) is 0 Å². The quantitative estimate of drug-likeness (QED) is 0.456. The van der Waals surface area contributed by atoms with Gasteiger partial charge in [0.1, 0.15) is 5.82 Å². The SMILES string of the molecule is Cc1ccc(Sc2c[nH]c3cc(-c4ccc(F)cc4)ccc23)cc1. The van der Waals surface area contributed by atoms with Crippen LogP contribution in [-0.2, 0) is 0 Å². The van der Waals surface area contributed by atoms with E-state index in [0.717, 1.165) is 16.6 Å². The Morgan fingerprint density at radius 1 is 0.833 bits per heavy atom. The maximum atomic E-state index is 13.1. The second kappa shape index (κ2) is 6.17. The number of nitrogens with one attached hydrogen (secondary N) is 1. The zero-order valence-electron chi connectivity index (χ0n) is 13.2. The number of fused-ring (bicyclic) bond motifs is 1. The van der Waals surface area contributed by atoms with Crippen molar-refractivity contribution >= 4 is 22.7 Å². The summed E-state index contributed by atoms with van der Waals surface area (Å²) < 4.78 is 13.1. The second-order valence-electron chi connectivity index (χ2n) is 5.84. The lowest BCUT2D eigenvalue weighted by atomic mass is 10.0. The minimum absolute atomic E-state index is 0.212. The maximum Gasteiger partial charge on any atom is 0.123 e. The summed E-state index contributed by atoms with van der Waals surface area (Å²) in [6, 6.07) is 21.5. The van der Waals surface area contributed by atoms with E-state index in [1.807, 2.05) is 6.20 Å². The Morgan fingerprint density at radius 3 is 2.29 bits per heavy atom. The number of H-pyrrole nitrogens is 1. The molecule has 0 aliphatic rings. The Kier molecular flexibility index (Phi) is 3.87. The monoisotopic (exact) mass is 333 g/mol. The summed E-state index contributed by atoms with van der Waals surface area (Å²) in [5.74, 6) is -0.212. The van der Waals surface area contributed by atoms with Crippen molar-refractivity contribution in [1.82, 2.24) is 4.98 Å². The molecule has 0 amide bonds. The molecule has 1 N–H and O–H groups in total. The molecule has 0 spiro atoms. The molecular formula is C21H16FNS. The summed E-state index contributed by atoms with van der Waals surface area (Å²) in [6.45, 7) is 2.09. The van der Waals surface area contributed by atoms with Crippen LogP contribution in [0.25, 0.3) is 22.0 Å². The molecule has 118 valence electrons. The molecule has 3 aromatic carbocycles. The number of aromatic amines is 1. The largest absolute Gasteiger partial charge is 0.360 e. The van der Waals surface area contributed by atoms with Crippen molar-refractivity contribution < 1.29 is 4.39 Å². The van der Waals surface area contributed by atoms with Crippen molar-refractivity contribution in [3.05, 3.63) is 84.3 Å². The molecule has 0 fully saturated rings. The fraction of sp³-hybridized carbons (Fsp3) is 0.0476. The molecule has 1 aromatic heterocycles. The molecule has 0 radical (unpaired) electrons. The van der Waals surface area contributed by atoms with E-state index in [2.05, 4.69) is 54.4 Å². The first-order chi connectivity index (χ1) is 11.7. The van der Waals surface area contributed by atoms with Gasteiger partial charge >= 0.3 is 0 Å². The Balaban J connectivity index is 1.67. The van der Waals surface area contributed by atoms with E-state index in [1.165, 1.54) is 32.9 Å². The van der Waals surface area contributed by atoms with Crippen LogP contribution in [0.3, 0.4) is 0 Å². The molecule has 0 unspecified atom stereocenters. The first kappa shape index (κ1) is 15.0. The van der Waals surface area contributed by atoms with Gasteiger partial charge in [-0.1, -0.05) is 53.7 Å². The first-order valence-electron chi connectivity index (χ1n) is 7.81. The van der Waals surface area contributed by atoms with Crippen molar-refractivity contribution in [2.45, 2.75) is 16.7 Å². The summed E-state index contributed by atoms with van der Waals surface area (Å²) in [6.07, 6.45) is 2.05. The van der Waals surface area contributed by atoms with E-state index >= 15 is 0 Å². The average molecular weight is 333 g/mol. The van der Waals surface area contributed by atoms with Gasteiger partial charge in [-0.15, -0.1) is 0 Å². The number of hydrogen-bond acceptors (Lipinski definition) is 1. The van der Waals surface area contributed by atoms with Gasteiger partial charge in [0.2, 0.25) is 0 Å². The van der Waals surface area contributed by atoms with Crippen molar-refractivity contribution in [3.63, 3.8) is 0 Å². The third-order valence-corrected chi connectivity index (χ3v) is 5.14. The Morgan fingerprint density at radius 2 is 1.54 bits per heavy atom. The number of rotatable bonds is 3. The summed E-state index contributed by atoms with van der Waals surface area (Å²) in [7, 11) is 0. The van der Waals surface area contributed by atoms with Gasteiger partial charge in [0.25, 0.3) is 0 Å². The molecule has 24 heavy (non-hydrogen) atoms. The van der Waals surface area contributed by atoms with Crippen molar-refractivity contribution in [1.29, 1.82) is 0 Å². The molecule has 1 heterocycles. The predicted octanol–water partition coefficient (Wildman–Crippen LogP) is 6.43. The molecule has 0 atom stereocenters. The molecule has 1 nitrogen and oxygen atoms in total. The topological polar surface area (TPSA) is 15.8 Å². The van der Waals surface area contributed by atoms with Crippen LogP contribution in [0.4, 0.5) is 4.39 Å². The van der Waals surface area contributed by atoms with Crippen LogP contribution in [0.1, 0.15) is 5.56 Å². The second-order valence-corrected chi connectivity index (χ2v) is 6.95. The maximum absolute atomic E-state index is 13.1. The summed E-state index contributed by atoms with van der Waals surface area (Å²) in [5, 5.41) is 1.20. The van der Waals surface area contributed by atoms with E-state index in [9.17, 15) is 4.39 Å². The number of aryl methyl sites for hydroxylation is 1. The Labute approximate surface area is 144 Å². The molecule has 4 rings (SSSR count). The normalized spacial score (nSPS) is 11.1. The van der Waals surface area contributed by atoms with Crippen LogP contribution < -0.4 is 0 Å². The van der Waals surface area contributed by atoms with Crippen LogP contribution in [0.5, 0.6) is 0 Å². The van der Waals surface area contributed by atoms with E-state index in [4.69, 9.17) is 0 Å². The zero-order chi connectivity index (χ0) is 16.5.